The Morgan fingerprint density at radius 2 is 1.62 bits per heavy atom. The van der Waals surface area contributed by atoms with Crippen LogP contribution in [0.25, 0.3) is 0 Å². The Hall–Kier alpha value is -0.270. The van der Waals surface area contributed by atoms with Gasteiger partial charge in [-0.15, -0.1) is 0 Å². The molecule has 21 heavy (non-hydrogen) atoms. The molecule has 0 bridgehead atoms. The molecule has 1 atom stereocenters. The fourth-order valence-electron chi connectivity index (χ4n) is 3.18. The summed E-state index contributed by atoms with van der Waals surface area (Å²) in [5, 5.41) is 0. The van der Waals surface area contributed by atoms with Crippen LogP contribution in [-0.4, -0.2) is 91.3 Å². The van der Waals surface area contributed by atoms with Gasteiger partial charge in [0.05, 0.1) is 24.2 Å². The summed E-state index contributed by atoms with van der Waals surface area (Å²) in [6.45, 7) is 12.9. The van der Waals surface area contributed by atoms with Crippen molar-refractivity contribution in [1.29, 1.82) is 0 Å². The first-order valence-electron chi connectivity index (χ1n) is 8.26. The van der Waals surface area contributed by atoms with E-state index in [4.69, 9.17) is 22.7 Å². The minimum absolute atomic E-state index is 0.298. The summed E-state index contributed by atoms with van der Waals surface area (Å²) in [4.78, 5) is 8.20. The first kappa shape index (κ1) is 17.1. The van der Waals surface area contributed by atoms with Crippen molar-refractivity contribution in [1.82, 2.24) is 14.7 Å². The highest BCUT2D eigenvalue weighted by molar-refractivity contribution is 7.80. The van der Waals surface area contributed by atoms with E-state index in [1.807, 2.05) is 0 Å². The van der Waals surface area contributed by atoms with Crippen LogP contribution in [-0.2, 0) is 4.74 Å². The maximum absolute atomic E-state index is 5.90. The van der Waals surface area contributed by atoms with E-state index in [2.05, 4.69) is 21.6 Å². The number of ether oxygens (including phenoxy) is 1. The third-order valence-corrected chi connectivity index (χ3v) is 4.85. The number of thiocarbonyl (C=S) groups is 1. The number of rotatable bonds is 7. The lowest BCUT2D eigenvalue weighted by Crippen LogP contribution is -2.54. The van der Waals surface area contributed by atoms with Gasteiger partial charge in [0, 0.05) is 52.4 Å². The second kappa shape index (κ2) is 9.00. The van der Waals surface area contributed by atoms with Gasteiger partial charge in [-0.05, 0) is 6.42 Å². The summed E-state index contributed by atoms with van der Waals surface area (Å²) >= 11 is 5.23. The van der Waals surface area contributed by atoms with Crippen molar-refractivity contribution >= 4 is 17.2 Å². The highest BCUT2D eigenvalue weighted by Crippen LogP contribution is 2.12. The second-order valence-electron chi connectivity index (χ2n) is 6.04. The van der Waals surface area contributed by atoms with Gasteiger partial charge < -0.3 is 10.5 Å². The average molecular weight is 314 g/mol. The first-order chi connectivity index (χ1) is 10.2. The summed E-state index contributed by atoms with van der Waals surface area (Å²) in [5.41, 5.74) is 5.90. The van der Waals surface area contributed by atoms with E-state index in [-0.39, 0.29) is 0 Å². The monoisotopic (exact) mass is 314 g/mol. The molecule has 0 spiro atoms. The molecule has 0 aromatic rings. The molecular formula is C15H30N4OS. The molecule has 2 aliphatic rings. The van der Waals surface area contributed by atoms with E-state index in [1.165, 1.54) is 6.54 Å². The molecule has 1 unspecified atom stereocenters. The number of piperazine rings is 1. The van der Waals surface area contributed by atoms with E-state index in [0.717, 1.165) is 71.9 Å². The van der Waals surface area contributed by atoms with Crippen molar-refractivity contribution in [2.45, 2.75) is 25.8 Å². The SMILES string of the molecule is CCCC(C(N)=S)N1CCN(CCN2CCOCC2)CC1. The molecule has 0 saturated carbocycles. The zero-order valence-corrected chi connectivity index (χ0v) is 14.1. The Labute approximate surface area is 134 Å². The number of hydrogen-bond donors (Lipinski definition) is 1. The molecule has 122 valence electrons. The normalized spacial score (nSPS) is 24.0. The van der Waals surface area contributed by atoms with Gasteiger partial charge in [-0.1, -0.05) is 25.6 Å². The zero-order chi connectivity index (χ0) is 15.1. The predicted octanol–water partition coefficient (Wildman–Crippen LogP) is 0.391. The van der Waals surface area contributed by atoms with Gasteiger partial charge in [-0.2, -0.15) is 0 Å². The lowest BCUT2D eigenvalue weighted by Gasteiger charge is -2.39. The molecule has 2 aliphatic heterocycles. The summed E-state index contributed by atoms with van der Waals surface area (Å²) in [7, 11) is 0. The van der Waals surface area contributed by atoms with Crippen molar-refractivity contribution < 1.29 is 4.74 Å². The summed E-state index contributed by atoms with van der Waals surface area (Å²) < 4.78 is 5.39. The Kier molecular flexibility index (Phi) is 7.33. The lowest BCUT2D eigenvalue weighted by atomic mass is 10.1. The van der Waals surface area contributed by atoms with Crippen molar-refractivity contribution in [3.63, 3.8) is 0 Å². The largest absolute Gasteiger partial charge is 0.392 e. The van der Waals surface area contributed by atoms with Crippen LogP contribution in [0.1, 0.15) is 19.8 Å². The number of hydrogen-bond acceptors (Lipinski definition) is 5. The molecule has 5 nitrogen and oxygen atoms in total. The number of nitrogens with two attached hydrogens (primary N) is 1. The third-order valence-electron chi connectivity index (χ3n) is 4.57. The standard InChI is InChI=1S/C15H30N4OS/c1-2-3-14(15(16)21)19-8-6-17(7-9-19)4-5-18-10-12-20-13-11-18/h14H,2-13H2,1H3,(H2,16,21). The molecule has 2 rings (SSSR count). The minimum Gasteiger partial charge on any atom is -0.392 e. The van der Waals surface area contributed by atoms with Crippen LogP contribution < -0.4 is 5.73 Å². The summed E-state index contributed by atoms with van der Waals surface area (Å²) in [5.74, 6) is 0. The van der Waals surface area contributed by atoms with Crippen molar-refractivity contribution in [2.75, 3.05) is 65.6 Å². The van der Waals surface area contributed by atoms with Crippen LogP contribution in [0.3, 0.4) is 0 Å². The molecular weight excluding hydrogens is 284 g/mol. The molecule has 0 radical (unpaired) electrons. The highest BCUT2D eigenvalue weighted by atomic mass is 32.1. The van der Waals surface area contributed by atoms with Crippen LogP contribution in [0, 0.1) is 0 Å². The van der Waals surface area contributed by atoms with E-state index < -0.39 is 0 Å². The van der Waals surface area contributed by atoms with E-state index >= 15 is 0 Å². The van der Waals surface area contributed by atoms with E-state index in [9.17, 15) is 0 Å². The first-order valence-corrected chi connectivity index (χ1v) is 8.67. The third kappa shape index (κ3) is 5.45. The smallest absolute Gasteiger partial charge is 0.0902 e. The van der Waals surface area contributed by atoms with Crippen molar-refractivity contribution in [3.8, 4) is 0 Å². The van der Waals surface area contributed by atoms with Gasteiger partial charge in [0.1, 0.15) is 0 Å². The molecule has 2 heterocycles. The Morgan fingerprint density at radius 1 is 1.05 bits per heavy atom. The van der Waals surface area contributed by atoms with Crippen LogP contribution in [0.2, 0.25) is 0 Å². The second-order valence-corrected chi connectivity index (χ2v) is 6.51. The summed E-state index contributed by atoms with van der Waals surface area (Å²) in [6.07, 6.45) is 2.22. The van der Waals surface area contributed by atoms with Crippen LogP contribution >= 0.6 is 12.2 Å². The molecule has 0 amide bonds. The van der Waals surface area contributed by atoms with Gasteiger partial charge in [0.2, 0.25) is 0 Å². The van der Waals surface area contributed by atoms with E-state index in [1.54, 1.807) is 0 Å². The van der Waals surface area contributed by atoms with Crippen LogP contribution in [0.5, 0.6) is 0 Å². The van der Waals surface area contributed by atoms with Gasteiger partial charge in [-0.25, -0.2) is 0 Å². The predicted molar refractivity (Wildman–Crippen MR) is 90.8 cm³/mol. The maximum Gasteiger partial charge on any atom is 0.0902 e. The Bertz CT molecular complexity index is 315. The molecule has 0 aromatic heterocycles. The Morgan fingerprint density at radius 3 is 2.14 bits per heavy atom. The average Bonchev–Trinajstić information content (AvgIpc) is 2.52. The van der Waals surface area contributed by atoms with Gasteiger partial charge in [-0.3, -0.25) is 14.7 Å². The van der Waals surface area contributed by atoms with Crippen molar-refractivity contribution in [3.05, 3.63) is 0 Å². The molecule has 2 saturated heterocycles. The Balaban J connectivity index is 1.68. The van der Waals surface area contributed by atoms with Crippen molar-refractivity contribution in [2.24, 2.45) is 5.73 Å². The molecule has 2 fully saturated rings. The van der Waals surface area contributed by atoms with Crippen LogP contribution in [0.4, 0.5) is 0 Å². The fraction of sp³-hybridized carbons (Fsp3) is 0.933. The topological polar surface area (TPSA) is 45.0 Å². The van der Waals surface area contributed by atoms with Gasteiger partial charge in [0.25, 0.3) is 0 Å². The maximum atomic E-state index is 5.90. The number of nitrogens with zero attached hydrogens (tertiary/aromatic N) is 3. The molecule has 2 N–H and O–H groups in total. The fourth-order valence-corrected chi connectivity index (χ4v) is 3.45. The van der Waals surface area contributed by atoms with Gasteiger partial charge >= 0.3 is 0 Å². The van der Waals surface area contributed by atoms with E-state index in [0.29, 0.717) is 11.0 Å². The van der Waals surface area contributed by atoms with Gasteiger partial charge in [0.15, 0.2) is 0 Å². The number of morpholine rings is 1. The lowest BCUT2D eigenvalue weighted by molar-refractivity contribution is 0.0291. The van der Waals surface area contributed by atoms with Crippen LogP contribution in [0.15, 0.2) is 0 Å². The molecule has 0 aromatic carbocycles. The summed E-state index contributed by atoms with van der Waals surface area (Å²) in [6, 6.07) is 0.298. The molecule has 6 heteroatoms. The zero-order valence-electron chi connectivity index (χ0n) is 13.3. The molecule has 0 aliphatic carbocycles. The minimum atomic E-state index is 0.298. The quantitative estimate of drug-likeness (QED) is 0.686. The highest BCUT2D eigenvalue weighted by Gasteiger charge is 2.25.